The lowest BCUT2D eigenvalue weighted by Crippen LogP contribution is -2.15. The monoisotopic (exact) mass is 348 g/mol. The lowest BCUT2D eigenvalue weighted by Gasteiger charge is -2.14. The number of nitrogen functional groups attached to an aromatic ring is 1. The number of hydrogen-bond acceptors (Lipinski definition) is 3. The number of aryl methyl sites for hydroxylation is 1. The number of halogens is 1. The summed E-state index contributed by atoms with van der Waals surface area (Å²) in [5, 5.41) is 2.88. The molecule has 0 saturated heterocycles. The van der Waals surface area contributed by atoms with E-state index < -0.39 is 0 Å². The van der Waals surface area contributed by atoms with E-state index in [1.54, 1.807) is 25.3 Å². The minimum atomic E-state index is -0.247. The molecule has 0 radical (unpaired) electrons. The standard InChI is InChI=1S/C16H17BrN2O2/c1-9-4-7-14(10(2)15(9)21-3)19-16(20)12-8-11(17)5-6-13(12)18/h4-8H,18H2,1-3H3,(H,19,20). The Labute approximate surface area is 132 Å². The molecular weight excluding hydrogens is 332 g/mol. The van der Waals surface area contributed by atoms with Crippen LogP contribution in [0.3, 0.4) is 0 Å². The summed E-state index contributed by atoms with van der Waals surface area (Å²) in [5.41, 5.74) is 9.35. The zero-order valence-electron chi connectivity index (χ0n) is 12.2. The minimum absolute atomic E-state index is 0.247. The molecule has 0 atom stereocenters. The molecule has 2 aromatic rings. The predicted molar refractivity (Wildman–Crippen MR) is 89.0 cm³/mol. The van der Waals surface area contributed by atoms with Gasteiger partial charge in [-0.1, -0.05) is 22.0 Å². The van der Waals surface area contributed by atoms with Gasteiger partial charge >= 0.3 is 0 Å². The number of nitrogens with one attached hydrogen (secondary N) is 1. The van der Waals surface area contributed by atoms with Gasteiger partial charge in [-0.05, 0) is 43.7 Å². The van der Waals surface area contributed by atoms with Crippen LogP contribution in [0.1, 0.15) is 21.5 Å². The fourth-order valence-electron chi connectivity index (χ4n) is 2.19. The van der Waals surface area contributed by atoms with E-state index in [9.17, 15) is 4.79 Å². The SMILES string of the molecule is COc1c(C)ccc(NC(=O)c2cc(Br)ccc2N)c1C. The highest BCUT2D eigenvalue weighted by Crippen LogP contribution is 2.30. The summed E-state index contributed by atoms with van der Waals surface area (Å²) < 4.78 is 6.17. The number of anilines is 2. The van der Waals surface area contributed by atoms with Gasteiger partial charge < -0.3 is 15.8 Å². The summed E-state index contributed by atoms with van der Waals surface area (Å²) in [6.07, 6.45) is 0. The normalized spacial score (nSPS) is 10.3. The summed E-state index contributed by atoms with van der Waals surface area (Å²) in [6.45, 7) is 3.87. The Bertz CT molecular complexity index is 699. The first-order chi connectivity index (χ1) is 9.93. The van der Waals surface area contributed by atoms with Crippen LogP contribution in [0.15, 0.2) is 34.8 Å². The molecule has 0 bridgehead atoms. The Hall–Kier alpha value is -2.01. The average Bonchev–Trinajstić information content (AvgIpc) is 2.45. The first-order valence-electron chi connectivity index (χ1n) is 6.44. The van der Waals surface area contributed by atoms with Crippen molar-refractivity contribution in [3.63, 3.8) is 0 Å². The maximum absolute atomic E-state index is 12.4. The van der Waals surface area contributed by atoms with Gasteiger partial charge in [-0.15, -0.1) is 0 Å². The smallest absolute Gasteiger partial charge is 0.257 e. The highest BCUT2D eigenvalue weighted by molar-refractivity contribution is 9.10. The van der Waals surface area contributed by atoms with Crippen LogP contribution in [-0.4, -0.2) is 13.0 Å². The second-order valence-corrected chi connectivity index (χ2v) is 5.69. The highest BCUT2D eigenvalue weighted by atomic mass is 79.9. The van der Waals surface area contributed by atoms with Crippen molar-refractivity contribution in [2.24, 2.45) is 0 Å². The van der Waals surface area contributed by atoms with E-state index in [-0.39, 0.29) is 5.91 Å². The van der Waals surface area contributed by atoms with Crippen molar-refractivity contribution in [1.82, 2.24) is 0 Å². The van der Waals surface area contributed by atoms with Crippen molar-refractivity contribution in [3.05, 3.63) is 51.5 Å². The summed E-state index contributed by atoms with van der Waals surface area (Å²) in [4.78, 5) is 12.4. The molecule has 110 valence electrons. The third-order valence-electron chi connectivity index (χ3n) is 3.32. The van der Waals surface area contributed by atoms with Crippen LogP contribution in [0.4, 0.5) is 11.4 Å². The number of carbonyl (C=O) groups is 1. The Morgan fingerprint density at radius 2 is 1.95 bits per heavy atom. The van der Waals surface area contributed by atoms with Gasteiger partial charge in [0.05, 0.1) is 12.7 Å². The molecule has 2 aromatic carbocycles. The molecular formula is C16H17BrN2O2. The molecule has 0 aliphatic rings. The number of nitrogens with two attached hydrogens (primary N) is 1. The number of amides is 1. The van der Waals surface area contributed by atoms with Gasteiger partial charge in [-0.3, -0.25) is 4.79 Å². The van der Waals surface area contributed by atoms with Crippen LogP contribution in [0.2, 0.25) is 0 Å². The third-order valence-corrected chi connectivity index (χ3v) is 3.81. The van der Waals surface area contributed by atoms with E-state index in [1.165, 1.54) is 0 Å². The molecule has 0 heterocycles. The van der Waals surface area contributed by atoms with Crippen LogP contribution in [0, 0.1) is 13.8 Å². The number of ether oxygens (including phenoxy) is 1. The van der Waals surface area contributed by atoms with Gasteiger partial charge in [0.25, 0.3) is 5.91 Å². The van der Waals surface area contributed by atoms with Gasteiger partial charge in [0, 0.05) is 21.4 Å². The highest BCUT2D eigenvalue weighted by Gasteiger charge is 2.14. The van der Waals surface area contributed by atoms with Gasteiger partial charge in [0.2, 0.25) is 0 Å². The Morgan fingerprint density at radius 3 is 2.62 bits per heavy atom. The maximum Gasteiger partial charge on any atom is 0.257 e. The number of hydrogen-bond donors (Lipinski definition) is 2. The van der Waals surface area contributed by atoms with Gasteiger partial charge in [-0.2, -0.15) is 0 Å². The second kappa shape index (κ2) is 6.18. The van der Waals surface area contributed by atoms with Crippen molar-refractivity contribution in [2.75, 3.05) is 18.2 Å². The lowest BCUT2D eigenvalue weighted by atomic mass is 10.1. The van der Waals surface area contributed by atoms with Crippen molar-refractivity contribution in [2.45, 2.75) is 13.8 Å². The summed E-state index contributed by atoms with van der Waals surface area (Å²) >= 11 is 3.34. The molecule has 0 saturated carbocycles. The molecule has 21 heavy (non-hydrogen) atoms. The molecule has 0 aliphatic heterocycles. The van der Waals surface area contributed by atoms with E-state index in [0.717, 1.165) is 21.3 Å². The van der Waals surface area contributed by atoms with Crippen LogP contribution >= 0.6 is 15.9 Å². The fourth-order valence-corrected chi connectivity index (χ4v) is 2.55. The number of methoxy groups -OCH3 is 1. The molecule has 0 spiro atoms. The zero-order chi connectivity index (χ0) is 15.6. The Balaban J connectivity index is 2.34. The van der Waals surface area contributed by atoms with Crippen LogP contribution in [0.5, 0.6) is 5.75 Å². The molecule has 0 fully saturated rings. The zero-order valence-corrected chi connectivity index (χ0v) is 13.7. The molecule has 5 heteroatoms. The average molecular weight is 349 g/mol. The van der Waals surface area contributed by atoms with Crippen molar-refractivity contribution in [3.8, 4) is 5.75 Å². The first-order valence-corrected chi connectivity index (χ1v) is 7.24. The third kappa shape index (κ3) is 3.19. The minimum Gasteiger partial charge on any atom is -0.496 e. The molecule has 2 rings (SSSR count). The van der Waals surface area contributed by atoms with Gasteiger partial charge in [0.15, 0.2) is 0 Å². The van der Waals surface area contributed by atoms with Crippen LogP contribution in [0.25, 0.3) is 0 Å². The largest absolute Gasteiger partial charge is 0.496 e. The summed E-state index contributed by atoms with van der Waals surface area (Å²) in [7, 11) is 1.62. The van der Waals surface area contributed by atoms with Crippen LogP contribution < -0.4 is 15.8 Å². The molecule has 4 nitrogen and oxygen atoms in total. The molecule has 0 aromatic heterocycles. The predicted octanol–water partition coefficient (Wildman–Crippen LogP) is 3.91. The maximum atomic E-state index is 12.4. The van der Waals surface area contributed by atoms with Crippen molar-refractivity contribution >= 4 is 33.2 Å². The van der Waals surface area contributed by atoms with E-state index in [2.05, 4.69) is 21.2 Å². The first kappa shape index (κ1) is 15.4. The van der Waals surface area contributed by atoms with Crippen molar-refractivity contribution in [1.29, 1.82) is 0 Å². The number of rotatable bonds is 3. The number of benzene rings is 2. The second-order valence-electron chi connectivity index (χ2n) is 4.77. The lowest BCUT2D eigenvalue weighted by molar-refractivity contribution is 0.102. The van der Waals surface area contributed by atoms with E-state index in [1.807, 2.05) is 26.0 Å². The van der Waals surface area contributed by atoms with E-state index >= 15 is 0 Å². The summed E-state index contributed by atoms with van der Waals surface area (Å²) in [6, 6.07) is 8.96. The fraction of sp³-hybridized carbons (Fsp3) is 0.188. The van der Waals surface area contributed by atoms with Crippen LogP contribution in [-0.2, 0) is 0 Å². The van der Waals surface area contributed by atoms with Crippen molar-refractivity contribution < 1.29 is 9.53 Å². The van der Waals surface area contributed by atoms with Gasteiger partial charge in [0.1, 0.15) is 5.75 Å². The molecule has 3 N–H and O–H groups in total. The molecule has 1 amide bonds. The Morgan fingerprint density at radius 1 is 1.24 bits per heavy atom. The summed E-state index contributed by atoms with van der Waals surface area (Å²) in [5.74, 6) is 0.526. The quantitative estimate of drug-likeness (QED) is 0.826. The number of carbonyl (C=O) groups excluding carboxylic acids is 1. The molecule has 0 aliphatic carbocycles. The van der Waals surface area contributed by atoms with Gasteiger partial charge in [-0.25, -0.2) is 0 Å². The topological polar surface area (TPSA) is 64.3 Å². The molecule has 0 unspecified atom stereocenters. The van der Waals surface area contributed by atoms with E-state index in [4.69, 9.17) is 10.5 Å². The van der Waals surface area contributed by atoms with E-state index in [0.29, 0.717) is 16.9 Å². The Kier molecular flexibility index (Phi) is 4.53.